The van der Waals surface area contributed by atoms with Crippen molar-refractivity contribution < 1.29 is 0 Å². The molecule has 0 atom stereocenters. The fourth-order valence-electron chi connectivity index (χ4n) is 2.66. The van der Waals surface area contributed by atoms with E-state index in [0.29, 0.717) is 5.56 Å². The van der Waals surface area contributed by atoms with Crippen LogP contribution in [-0.4, -0.2) is 10.7 Å². The second-order valence-electron chi connectivity index (χ2n) is 5.11. The monoisotopic (exact) mass is 268 g/mol. The maximum absolute atomic E-state index is 9.27. The van der Waals surface area contributed by atoms with Gasteiger partial charge in [0.25, 0.3) is 0 Å². The molecule has 1 saturated carbocycles. The lowest BCUT2D eigenvalue weighted by Gasteiger charge is -2.09. The fourth-order valence-corrected chi connectivity index (χ4v) is 3.81. The predicted molar refractivity (Wildman–Crippen MR) is 79.1 cm³/mol. The number of fused-ring (bicyclic) bond motifs is 1. The Bertz CT molecular complexity index is 624. The molecule has 3 heteroatoms. The highest BCUT2D eigenvalue weighted by molar-refractivity contribution is 7.99. The van der Waals surface area contributed by atoms with E-state index in [0.717, 1.165) is 27.6 Å². The van der Waals surface area contributed by atoms with Crippen molar-refractivity contribution in [3.8, 4) is 6.07 Å². The highest BCUT2D eigenvalue weighted by atomic mass is 32.2. The summed E-state index contributed by atoms with van der Waals surface area (Å²) in [6, 6.07) is 12.2. The zero-order valence-corrected chi connectivity index (χ0v) is 11.6. The van der Waals surface area contributed by atoms with Gasteiger partial charge >= 0.3 is 0 Å². The van der Waals surface area contributed by atoms with Crippen LogP contribution in [0.2, 0.25) is 0 Å². The smallest absolute Gasteiger partial charge is 0.115 e. The molecular weight excluding hydrogens is 252 g/mol. The molecule has 1 aliphatic rings. The quantitative estimate of drug-likeness (QED) is 0.775. The molecule has 1 aliphatic carbocycles. The van der Waals surface area contributed by atoms with Crippen LogP contribution in [0.5, 0.6) is 0 Å². The molecular formula is C16H16N2S. The highest BCUT2D eigenvalue weighted by Gasteiger charge is 2.16. The number of para-hydroxylation sites is 1. The van der Waals surface area contributed by atoms with E-state index < -0.39 is 0 Å². The van der Waals surface area contributed by atoms with Gasteiger partial charge in [0.05, 0.1) is 11.1 Å². The fraction of sp³-hybridized carbons (Fsp3) is 0.375. The van der Waals surface area contributed by atoms with Gasteiger partial charge in [-0.1, -0.05) is 31.0 Å². The van der Waals surface area contributed by atoms with Crippen LogP contribution in [-0.2, 0) is 0 Å². The van der Waals surface area contributed by atoms with Gasteiger partial charge in [0.1, 0.15) is 11.1 Å². The maximum Gasteiger partial charge on any atom is 0.115 e. The average Bonchev–Trinajstić information content (AvgIpc) is 2.97. The summed E-state index contributed by atoms with van der Waals surface area (Å²) < 4.78 is 0. The maximum atomic E-state index is 9.27. The Kier molecular flexibility index (Phi) is 3.70. The van der Waals surface area contributed by atoms with Crippen LogP contribution < -0.4 is 0 Å². The first-order valence-corrected chi connectivity index (χ1v) is 7.78. The number of pyridine rings is 1. The lowest BCUT2D eigenvalue weighted by atomic mass is 10.1. The van der Waals surface area contributed by atoms with Crippen molar-refractivity contribution in [2.45, 2.75) is 30.7 Å². The van der Waals surface area contributed by atoms with E-state index in [1.807, 2.05) is 30.3 Å². The lowest BCUT2D eigenvalue weighted by Crippen LogP contribution is -1.98. The van der Waals surface area contributed by atoms with Crippen molar-refractivity contribution >= 4 is 22.7 Å². The first-order chi connectivity index (χ1) is 9.36. The zero-order valence-electron chi connectivity index (χ0n) is 10.8. The Morgan fingerprint density at radius 2 is 2.05 bits per heavy atom. The molecule has 1 aromatic heterocycles. The van der Waals surface area contributed by atoms with Gasteiger partial charge in [0.2, 0.25) is 0 Å². The number of rotatable bonds is 3. The van der Waals surface area contributed by atoms with Crippen molar-refractivity contribution in [2.75, 3.05) is 5.75 Å². The molecule has 0 bridgehead atoms. The number of nitriles is 1. The summed E-state index contributed by atoms with van der Waals surface area (Å²) in [6.07, 6.45) is 5.40. The zero-order chi connectivity index (χ0) is 13.1. The molecule has 0 radical (unpaired) electrons. The third-order valence-corrected chi connectivity index (χ3v) is 4.96. The second kappa shape index (κ2) is 5.63. The minimum atomic E-state index is 0.710. The van der Waals surface area contributed by atoms with Gasteiger partial charge < -0.3 is 0 Å². The first-order valence-electron chi connectivity index (χ1n) is 6.79. The van der Waals surface area contributed by atoms with E-state index in [1.54, 1.807) is 11.8 Å². The van der Waals surface area contributed by atoms with Gasteiger partial charge in [0.15, 0.2) is 0 Å². The molecule has 0 unspecified atom stereocenters. The SMILES string of the molecule is N#Cc1cc2ccccc2nc1SCC1CCCC1. The van der Waals surface area contributed by atoms with Gasteiger partial charge in [-0.25, -0.2) is 4.98 Å². The Hall–Kier alpha value is -1.53. The Morgan fingerprint density at radius 1 is 1.26 bits per heavy atom. The van der Waals surface area contributed by atoms with E-state index >= 15 is 0 Å². The minimum Gasteiger partial charge on any atom is -0.240 e. The largest absolute Gasteiger partial charge is 0.240 e. The third-order valence-electron chi connectivity index (χ3n) is 3.74. The predicted octanol–water partition coefficient (Wildman–Crippen LogP) is 4.39. The average molecular weight is 268 g/mol. The summed E-state index contributed by atoms with van der Waals surface area (Å²) in [5, 5.41) is 11.2. The van der Waals surface area contributed by atoms with Crippen LogP contribution >= 0.6 is 11.8 Å². The van der Waals surface area contributed by atoms with Gasteiger partial charge in [-0.05, 0) is 30.9 Å². The summed E-state index contributed by atoms with van der Waals surface area (Å²) in [4.78, 5) is 4.65. The van der Waals surface area contributed by atoms with E-state index in [9.17, 15) is 5.26 Å². The van der Waals surface area contributed by atoms with Crippen LogP contribution in [0, 0.1) is 17.2 Å². The van der Waals surface area contributed by atoms with Crippen molar-refractivity contribution in [2.24, 2.45) is 5.92 Å². The number of nitrogens with zero attached hydrogens (tertiary/aromatic N) is 2. The van der Waals surface area contributed by atoms with Crippen LogP contribution in [0.25, 0.3) is 10.9 Å². The van der Waals surface area contributed by atoms with Crippen molar-refractivity contribution in [1.29, 1.82) is 5.26 Å². The molecule has 1 heterocycles. The van der Waals surface area contributed by atoms with E-state index in [4.69, 9.17) is 0 Å². The van der Waals surface area contributed by atoms with Crippen LogP contribution in [0.4, 0.5) is 0 Å². The van der Waals surface area contributed by atoms with E-state index in [-0.39, 0.29) is 0 Å². The normalized spacial score (nSPS) is 15.7. The summed E-state index contributed by atoms with van der Waals surface area (Å²) in [7, 11) is 0. The Labute approximate surface area is 117 Å². The number of hydrogen-bond acceptors (Lipinski definition) is 3. The molecule has 1 aromatic carbocycles. The van der Waals surface area contributed by atoms with Crippen LogP contribution in [0.1, 0.15) is 31.2 Å². The summed E-state index contributed by atoms with van der Waals surface area (Å²) >= 11 is 1.75. The Morgan fingerprint density at radius 3 is 2.84 bits per heavy atom. The van der Waals surface area contributed by atoms with Crippen LogP contribution in [0.3, 0.4) is 0 Å². The number of aromatic nitrogens is 1. The van der Waals surface area contributed by atoms with Gasteiger partial charge in [-0.15, -0.1) is 11.8 Å². The molecule has 19 heavy (non-hydrogen) atoms. The Balaban J connectivity index is 1.86. The lowest BCUT2D eigenvalue weighted by molar-refractivity contribution is 0.623. The molecule has 1 fully saturated rings. The standard InChI is InChI=1S/C16H16N2S/c17-10-14-9-13-7-3-4-8-15(13)18-16(14)19-11-12-5-1-2-6-12/h3-4,7-9,12H,1-2,5-6,11H2. The number of benzene rings is 1. The van der Waals surface area contributed by atoms with Gasteiger partial charge in [0, 0.05) is 11.1 Å². The second-order valence-corrected chi connectivity index (χ2v) is 6.12. The summed E-state index contributed by atoms with van der Waals surface area (Å²) in [5.74, 6) is 1.91. The molecule has 0 amide bonds. The highest BCUT2D eigenvalue weighted by Crippen LogP contribution is 2.32. The topological polar surface area (TPSA) is 36.7 Å². The van der Waals surface area contributed by atoms with Gasteiger partial charge in [-0.2, -0.15) is 5.26 Å². The molecule has 2 aromatic rings. The first kappa shape index (κ1) is 12.5. The van der Waals surface area contributed by atoms with Crippen LogP contribution in [0.15, 0.2) is 35.4 Å². The van der Waals surface area contributed by atoms with Gasteiger partial charge in [-0.3, -0.25) is 0 Å². The molecule has 96 valence electrons. The van der Waals surface area contributed by atoms with E-state index in [2.05, 4.69) is 11.1 Å². The molecule has 0 spiro atoms. The molecule has 0 N–H and O–H groups in total. The van der Waals surface area contributed by atoms with Crippen molar-refractivity contribution in [3.63, 3.8) is 0 Å². The van der Waals surface area contributed by atoms with Crippen molar-refractivity contribution in [3.05, 3.63) is 35.9 Å². The van der Waals surface area contributed by atoms with E-state index in [1.165, 1.54) is 25.7 Å². The third kappa shape index (κ3) is 2.74. The molecule has 3 rings (SSSR count). The van der Waals surface area contributed by atoms with Crippen molar-refractivity contribution in [1.82, 2.24) is 4.98 Å². The number of thioether (sulfide) groups is 1. The summed E-state index contributed by atoms with van der Waals surface area (Å²) in [6.45, 7) is 0. The molecule has 2 nitrogen and oxygen atoms in total. The molecule has 0 saturated heterocycles. The molecule has 0 aliphatic heterocycles. The summed E-state index contributed by atoms with van der Waals surface area (Å²) in [5.41, 5.74) is 1.69. The minimum absolute atomic E-state index is 0.710. The number of hydrogen-bond donors (Lipinski definition) is 0.